The number of primary amides is 1. The molecule has 182 valence electrons. The van der Waals surface area contributed by atoms with Crippen molar-refractivity contribution in [3.63, 3.8) is 0 Å². The molecule has 0 atom stereocenters. The summed E-state index contributed by atoms with van der Waals surface area (Å²) in [5.41, 5.74) is 10.4. The van der Waals surface area contributed by atoms with E-state index in [1.807, 2.05) is 42.5 Å². The van der Waals surface area contributed by atoms with Gasteiger partial charge in [0.25, 0.3) is 11.6 Å². The monoisotopic (exact) mass is 481 g/mol. The van der Waals surface area contributed by atoms with Crippen LogP contribution in [0.2, 0.25) is 0 Å². The van der Waals surface area contributed by atoms with Crippen molar-refractivity contribution in [2.45, 2.75) is 38.0 Å². The second-order valence-corrected chi connectivity index (χ2v) is 9.54. The van der Waals surface area contributed by atoms with Crippen LogP contribution in [0.3, 0.4) is 0 Å². The van der Waals surface area contributed by atoms with Crippen LogP contribution in [0.15, 0.2) is 59.1 Å². The van der Waals surface area contributed by atoms with E-state index in [-0.39, 0.29) is 5.91 Å². The Hall–Kier alpha value is -4.20. The van der Waals surface area contributed by atoms with Gasteiger partial charge in [-0.15, -0.1) is 0 Å². The Morgan fingerprint density at radius 2 is 1.78 bits per heavy atom. The predicted molar refractivity (Wildman–Crippen MR) is 138 cm³/mol. The van der Waals surface area contributed by atoms with E-state index in [4.69, 9.17) is 10.3 Å². The average molecular weight is 482 g/mol. The first-order valence-corrected chi connectivity index (χ1v) is 12.4. The van der Waals surface area contributed by atoms with Crippen molar-refractivity contribution >= 4 is 34.3 Å². The SMILES string of the molecule is NC(=O)c1ccc(N2CCCCC2)c(NC(=O)c2cc(C3CC3)nc3onc(-c4ccccc4)c23)c1. The fourth-order valence-corrected chi connectivity index (χ4v) is 4.92. The molecule has 3 N–H and O–H groups in total. The van der Waals surface area contributed by atoms with Crippen LogP contribution >= 0.6 is 0 Å². The first-order valence-electron chi connectivity index (χ1n) is 12.4. The first kappa shape index (κ1) is 22.3. The van der Waals surface area contributed by atoms with E-state index in [2.05, 4.69) is 20.4 Å². The van der Waals surface area contributed by atoms with Crippen molar-refractivity contribution in [1.82, 2.24) is 10.1 Å². The van der Waals surface area contributed by atoms with Crippen molar-refractivity contribution in [1.29, 1.82) is 0 Å². The molecule has 0 bridgehead atoms. The Labute approximate surface area is 208 Å². The highest BCUT2D eigenvalue weighted by molar-refractivity contribution is 6.15. The average Bonchev–Trinajstić information content (AvgIpc) is 3.68. The van der Waals surface area contributed by atoms with Crippen molar-refractivity contribution in [3.8, 4) is 11.3 Å². The summed E-state index contributed by atoms with van der Waals surface area (Å²) >= 11 is 0. The summed E-state index contributed by atoms with van der Waals surface area (Å²) in [6.45, 7) is 1.79. The second-order valence-electron chi connectivity index (χ2n) is 9.54. The standard InChI is InChI=1S/C28H27N5O3/c29-26(34)19-11-12-23(33-13-5-2-6-14-33)22(15-19)30-27(35)20-16-21(17-9-10-17)31-28-24(20)25(32-36-28)18-7-3-1-4-8-18/h1,3-4,7-8,11-12,15-17H,2,5-6,9-10,13-14H2,(H2,29,34)(H,30,35). The minimum Gasteiger partial charge on any atom is -0.370 e. The van der Waals surface area contributed by atoms with Gasteiger partial charge in [-0.3, -0.25) is 9.59 Å². The molecule has 3 heterocycles. The van der Waals surface area contributed by atoms with Crippen LogP contribution in [-0.4, -0.2) is 35.0 Å². The van der Waals surface area contributed by atoms with Crippen LogP contribution in [0.4, 0.5) is 11.4 Å². The molecule has 1 saturated heterocycles. The summed E-state index contributed by atoms with van der Waals surface area (Å²) < 4.78 is 5.62. The number of carbonyl (C=O) groups is 2. The number of amides is 2. The summed E-state index contributed by atoms with van der Waals surface area (Å²) in [7, 11) is 0. The van der Waals surface area contributed by atoms with Crippen LogP contribution in [0.1, 0.15) is 64.4 Å². The predicted octanol–water partition coefficient (Wildman–Crippen LogP) is 5.11. The van der Waals surface area contributed by atoms with Gasteiger partial charge in [0, 0.05) is 35.8 Å². The molecule has 8 nitrogen and oxygen atoms in total. The van der Waals surface area contributed by atoms with E-state index in [0.29, 0.717) is 39.5 Å². The Kier molecular flexibility index (Phi) is 5.64. The number of aromatic nitrogens is 2. The summed E-state index contributed by atoms with van der Waals surface area (Å²) in [6.07, 6.45) is 5.44. The Balaban J connectivity index is 1.45. The number of fused-ring (bicyclic) bond motifs is 1. The molecule has 4 aromatic rings. The molecule has 1 aliphatic carbocycles. The second kappa shape index (κ2) is 9.11. The number of anilines is 2. The van der Waals surface area contributed by atoms with Gasteiger partial charge in [-0.1, -0.05) is 35.5 Å². The summed E-state index contributed by atoms with van der Waals surface area (Å²) in [6, 6.07) is 16.7. The minimum absolute atomic E-state index is 0.301. The molecule has 0 radical (unpaired) electrons. The van der Waals surface area contributed by atoms with Crippen LogP contribution in [0, 0.1) is 0 Å². The maximum Gasteiger partial charge on any atom is 0.259 e. The number of carbonyl (C=O) groups excluding carboxylic acids is 2. The van der Waals surface area contributed by atoms with Crippen molar-refractivity contribution in [3.05, 3.63) is 71.4 Å². The zero-order valence-electron chi connectivity index (χ0n) is 19.9. The number of nitrogens with two attached hydrogens (primary N) is 1. The van der Waals surface area contributed by atoms with Gasteiger partial charge in [0.05, 0.1) is 22.3 Å². The molecular weight excluding hydrogens is 454 g/mol. The lowest BCUT2D eigenvalue weighted by atomic mass is 10.0. The lowest BCUT2D eigenvalue weighted by molar-refractivity contribution is 0.0996. The van der Waals surface area contributed by atoms with Crippen molar-refractivity contribution in [2.75, 3.05) is 23.3 Å². The number of benzene rings is 2. The fourth-order valence-electron chi connectivity index (χ4n) is 4.92. The van der Waals surface area contributed by atoms with Gasteiger partial charge in [0.15, 0.2) is 0 Å². The molecule has 8 heteroatoms. The van der Waals surface area contributed by atoms with Gasteiger partial charge < -0.3 is 20.5 Å². The molecule has 6 rings (SSSR count). The molecule has 0 spiro atoms. The third-order valence-electron chi connectivity index (χ3n) is 6.98. The van der Waals surface area contributed by atoms with E-state index in [0.717, 1.165) is 55.7 Å². The number of rotatable bonds is 6. The molecule has 2 amide bonds. The normalized spacial score (nSPS) is 15.7. The number of piperidine rings is 1. The van der Waals surface area contributed by atoms with Crippen LogP contribution in [0.5, 0.6) is 0 Å². The molecule has 2 fully saturated rings. The Morgan fingerprint density at radius 3 is 2.50 bits per heavy atom. The van der Waals surface area contributed by atoms with Crippen LogP contribution < -0.4 is 16.0 Å². The fraction of sp³-hybridized carbons (Fsp3) is 0.286. The number of nitrogens with zero attached hydrogens (tertiary/aromatic N) is 3. The van der Waals surface area contributed by atoms with Crippen LogP contribution in [-0.2, 0) is 0 Å². The van der Waals surface area contributed by atoms with Gasteiger partial charge in [0.1, 0.15) is 5.69 Å². The number of nitrogens with one attached hydrogen (secondary N) is 1. The summed E-state index contributed by atoms with van der Waals surface area (Å²) in [5, 5.41) is 7.94. The van der Waals surface area contributed by atoms with Crippen molar-refractivity contribution in [2.24, 2.45) is 5.73 Å². The van der Waals surface area contributed by atoms with E-state index >= 15 is 0 Å². The summed E-state index contributed by atoms with van der Waals surface area (Å²) in [5.74, 6) is -0.513. The molecule has 2 aromatic carbocycles. The topological polar surface area (TPSA) is 114 Å². The molecular formula is C28H27N5O3. The highest BCUT2D eigenvalue weighted by Gasteiger charge is 2.30. The molecule has 1 aliphatic heterocycles. The third-order valence-corrected chi connectivity index (χ3v) is 6.98. The highest BCUT2D eigenvalue weighted by atomic mass is 16.5. The van der Waals surface area contributed by atoms with E-state index in [9.17, 15) is 9.59 Å². The maximum atomic E-state index is 13.9. The third kappa shape index (κ3) is 4.19. The van der Waals surface area contributed by atoms with Gasteiger partial charge in [0.2, 0.25) is 5.91 Å². The smallest absolute Gasteiger partial charge is 0.259 e. The van der Waals surface area contributed by atoms with Gasteiger partial charge in [-0.25, -0.2) is 4.98 Å². The first-order chi connectivity index (χ1) is 17.6. The lowest BCUT2D eigenvalue weighted by Gasteiger charge is -2.30. The molecule has 2 aromatic heterocycles. The van der Waals surface area contributed by atoms with Crippen molar-refractivity contribution < 1.29 is 14.1 Å². The van der Waals surface area contributed by atoms with Gasteiger partial charge in [-0.2, -0.15) is 0 Å². The number of hydrogen-bond acceptors (Lipinski definition) is 6. The maximum absolute atomic E-state index is 13.9. The lowest BCUT2D eigenvalue weighted by Crippen LogP contribution is -2.30. The summed E-state index contributed by atoms with van der Waals surface area (Å²) in [4.78, 5) is 32.7. The largest absolute Gasteiger partial charge is 0.370 e. The Bertz CT molecular complexity index is 1450. The molecule has 2 aliphatic rings. The van der Waals surface area contributed by atoms with Gasteiger partial charge in [-0.05, 0) is 56.4 Å². The molecule has 1 saturated carbocycles. The highest BCUT2D eigenvalue weighted by Crippen LogP contribution is 2.41. The zero-order chi connectivity index (χ0) is 24.6. The minimum atomic E-state index is -0.539. The number of pyridine rings is 1. The quantitative estimate of drug-likeness (QED) is 0.396. The molecule has 36 heavy (non-hydrogen) atoms. The van der Waals surface area contributed by atoms with E-state index < -0.39 is 5.91 Å². The van der Waals surface area contributed by atoms with Gasteiger partial charge >= 0.3 is 0 Å². The zero-order valence-corrected chi connectivity index (χ0v) is 19.9. The van der Waals surface area contributed by atoms with E-state index in [1.165, 1.54) is 6.42 Å². The molecule has 0 unspecified atom stereocenters. The van der Waals surface area contributed by atoms with Crippen LogP contribution in [0.25, 0.3) is 22.4 Å². The number of hydrogen-bond donors (Lipinski definition) is 2. The van der Waals surface area contributed by atoms with E-state index in [1.54, 1.807) is 12.1 Å². The Morgan fingerprint density at radius 1 is 1.00 bits per heavy atom.